The average molecular weight is 791 g/mol. The molecular formula is C55H59BN2S. The molecule has 2 aliphatic heterocycles. The van der Waals surface area contributed by atoms with Crippen molar-refractivity contribution in [1.29, 1.82) is 0 Å². The molecule has 298 valence electrons. The second-order valence-corrected chi connectivity index (χ2v) is 22.6. The normalized spacial score (nSPS) is 16.6. The van der Waals surface area contributed by atoms with E-state index in [1.807, 2.05) is 11.3 Å². The number of para-hydroxylation sites is 1. The smallest absolute Gasteiger partial charge is 0.252 e. The predicted molar refractivity (Wildman–Crippen MR) is 260 cm³/mol. The SMILES string of the molecule is Cc1cc2c3c(c1)N(c1ccccc1C)c1c(ccc4c1sc1ccc(C(C)(C)C)cc14)B3c1cc3c(cc1N2c1ccc(C(C)(C)C)cc1C)C(C)(C)CCC3(C)C. The van der Waals surface area contributed by atoms with E-state index >= 15 is 0 Å². The molecule has 0 atom stereocenters. The lowest BCUT2D eigenvalue weighted by Gasteiger charge is -2.48. The van der Waals surface area contributed by atoms with Crippen molar-refractivity contribution in [3.05, 3.63) is 136 Å². The van der Waals surface area contributed by atoms with Crippen molar-refractivity contribution in [2.45, 2.75) is 125 Å². The summed E-state index contributed by atoms with van der Waals surface area (Å²) in [5.41, 5.74) is 21.9. The van der Waals surface area contributed by atoms with Gasteiger partial charge < -0.3 is 9.80 Å². The van der Waals surface area contributed by atoms with Crippen LogP contribution >= 0.6 is 11.3 Å². The average Bonchev–Trinajstić information content (AvgIpc) is 3.54. The fourth-order valence-corrected chi connectivity index (χ4v) is 11.9. The zero-order valence-corrected chi connectivity index (χ0v) is 38.3. The van der Waals surface area contributed by atoms with E-state index in [0.29, 0.717) is 0 Å². The summed E-state index contributed by atoms with van der Waals surface area (Å²) in [5, 5.41) is 2.72. The number of hydrogen-bond acceptors (Lipinski definition) is 3. The molecule has 3 heterocycles. The number of hydrogen-bond donors (Lipinski definition) is 0. The Morgan fingerprint density at radius 2 is 1.15 bits per heavy atom. The van der Waals surface area contributed by atoms with Crippen molar-refractivity contribution >= 4 is 88.7 Å². The molecular weight excluding hydrogens is 731 g/mol. The van der Waals surface area contributed by atoms with E-state index in [9.17, 15) is 0 Å². The van der Waals surface area contributed by atoms with E-state index in [0.717, 1.165) is 0 Å². The van der Waals surface area contributed by atoms with Crippen molar-refractivity contribution in [3.63, 3.8) is 0 Å². The van der Waals surface area contributed by atoms with E-state index in [-0.39, 0.29) is 28.4 Å². The molecule has 2 nitrogen and oxygen atoms in total. The molecule has 59 heavy (non-hydrogen) atoms. The van der Waals surface area contributed by atoms with E-state index < -0.39 is 0 Å². The third-order valence-corrected chi connectivity index (χ3v) is 15.5. The molecule has 0 radical (unpaired) electrons. The molecule has 0 unspecified atom stereocenters. The van der Waals surface area contributed by atoms with Gasteiger partial charge in [0.25, 0.3) is 6.71 Å². The summed E-state index contributed by atoms with van der Waals surface area (Å²) in [5.74, 6) is 0. The molecule has 0 saturated heterocycles. The van der Waals surface area contributed by atoms with E-state index in [1.165, 1.54) is 122 Å². The zero-order chi connectivity index (χ0) is 41.7. The fourth-order valence-electron chi connectivity index (χ4n) is 10.7. The lowest BCUT2D eigenvalue weighted by molar-refractivity contribution is 0.332. The van der Waals surface area contributed by atoms with Crippen molar-refractivity contribution < 1.29 is 0 Å². The van der Waals surface area contributed by atoms with Crippen molar-refractivity contribution in [3.8, 4) is 0 Å². The van der Waals surface area contributed by atoms with Gasteiger partial charge in [-0.3, -0.25) is 0 Å². The second-order valence-electron chi connectivity index (χ2n) is 21.5. The van der Waals surface area contributed by atoms with Crippen LogP contribution in [0.2, 0.25) is 0 Å². The predicted octanol–water partition coefficient (Wildman–Crippen LogP) is 14.0. The van der Waals surface area contributed by atoms with Gasteiger partial charge in [-0.1, -0.05) is 124 Å². The molecule has 0 bridgehead atoms. The first-order valence-electron chi connectivity index (χ1n) is 21.8. The highest BCUT2D eigenvalue weighted by molar-refractivity contribution is 7.26. The number of benzene rings is 6. The van der Waals surface area contributed by atoms with Gasteiger partial charge in [0.05, 0.1) is 10.4 Å². The Morgan fingerprint density at radius 3 is 1.81 bits per heavy atom. The summed E-state index contributed by atoms with van der Waals surface area (Å²) in [7, 11) is 0. The molecule has 0 saturated carbocycles. The standard InChI is InChI=1S/C55H59BN2S/c1-32-26-46-49-47(27-32)58(43-17-15-14-16-33(43)2)50-41(21-20-37-38-29-36(53(7,8)9)19-23-48(38)59-51(37)50)56(49)42-30-39-40(55(12,13)25-24-54(39,10)11)31-45(42)57(46)44-22-18-35(28-34(44)3)52(4,5)6/h14-23,26-31H,24-25H2,1-13H3. The molecule has 3 aliphatic rings. The summed E-state index contributed by atoms with van der Waals surface area (Å²) in [6, 6.07) is 38.7. The van der Waals surface area contributed by atoms with Gasteiger partial charge in [-0.2, -0.15) is 0 Å². The van der Waals surface area contributed by atoms with Gasteiger partial charge >= 0.3 is 0 Å². The Bertz CT molecular complexity index is 2910. The highest BCUT2D eigenvalue weighted by atomic mass is 32.1. The summed E-state index contributed by atoms with van der Waals surface area (Å²) >= 11 is 1.97. The molecule has 1 aliphatic carbocycles. The minimum absolute atomic E-state index is 0.0648. The maximum Gasteiger partial charge on any atom is 0.252 e. The minimum atomic E-state index is 0.0648. The third-order valence-electron chi connectivity index (χ3n) is 14.3. The molecule has 7 aromatic rings. The van der Waals surface area contributed by atoms with E-state index in [2.05, 4.69) is 197 Å². The van der Waals surface area contributed by atoms with Crippen molar-refractivity contribution in [2.75, 3.05) is 9.80 Å². The second kappa shape index (κ2) is 12.6. The summed E-state index contributed by atoms with van der Waals surface area (Å²) in [6.07, 6.45) is 2.37. The van der Waals surface area contributed by atoms with Crippen LogP contribution in [0.4, 0.5) is 34.1 Å². The van der Waals surface area contributed by atoms with Crippen LogP contribution in [0.25, 0.3) is 20.2 Å². The van der Waals surface area contributed by atoms with Crippen LogP contribution in [0.5, 0.6) is 0 Å². The Kier molecular flexibility index (Phi) is 8.21. The minimum Gasteiger partial charge on any atom is -0.311 e. The molecule has 0 fully saturated rings. The van der Waals surface area contributed by atoms with E-state index in [1.54, 1.807) is 0 Å². The first kappa shape index (κ1) is 38.4. The van der Waals surface area contributed by atoms with E-state index in [4.69, 9.17) is 0 Å². The fraction of sp³-hybridized carbons (Fsp3) is 0.345. The Hall–Kier alpha value is -4.80. The van der Waals surface area contributed by atoms with Gasteiger partial charge in [0.1, 0.15) is 0 Å². The topological polar surface area (TPSA) is 6.48 Å². The lowest BCUT2D eigenvalue weighted by atomic mass is 9.33. The summed E-state index contributed by atoms with van der Waals surface area (Å²) in [4.78, 5) is 5.31. The molecule has 6 aromatic carbocycles. The van der Waals surface area contributed by atoms with Gasteiger partial charge in [-0.15, -0.1) is 11.3 Å². The zero-order valence-electron chi connectivity index (χ0n) is 37.5. The van der Waals surface area contributed by atoms with Crippen LogP contribution in [-0.2, 0) is 21.7 Å². The lowest BCUT2D eigenvalue weighted by Crippen LogP contribution is -2.62. The number of aryl methyl sites for hydroxylation is 3. The van der Waals surface area contributed by atoms with Crippen LogP contribution in [0, 0.1) is 20.8 Å². The molecule has 0 spiro atoms. The van der Waals surface area contributed by atoms with Crippen LogP contribution in [-0.4, -0.2) is 6.71 Å². The quantitative estimate of drug-likeness (QED) is 0.161. The Labute approximate surface area is 357 Å². The molecule has 0 N–H and O–H groups in total. The molecule has 4 heteroatoms. The number of nitrogens with zero attached hydrogens (tertiary/aromatic N) is 2. The van der Waals surface area contributed by atoms with Crippen LogP contribution < -0.4 is 26.2 Å². The number of rotatable bonds is 2. The van der Waals surface area contributed by atoms with Gasteiger partial charge in [-0.25, -0.2) is 0 Å². The maximum absolute atomic E-state index is 2.67. The highest BCUT2D eigenvalue weighted by Crippen LogP contribution is 2.53. The van der Waals surface area contributed by atoms with Gasteiger partial charge in [0.2, 0.25) is 0 Å². The van der Waals surface area contributed by atoms with Gasteiger partial charge in [0, 0.05) is 43.9 Å². The number of thiophene rings is 1. The molecule has 1 aromatic heterocycles. The van der Waals surface area contributed by atoms with Crippen LogP contribution in [0.1, 0.15) is 121 Å². The van der Waals surface area contributed by atoms with Crippen molar-refractivity contribution in [1.82, 2.24) is 0 Å². The number of fused-ring (bicyclic) bond motifs is 9. The van der Waals surface area contributed by atoms with Crippen LogP contribution in [0.3, 0.4) is 0 Å². The van der Waals surface area contributed by atoms with Gasteiger partial charge in [-0.05, 0) is 153 Å². The maximum atomic E-state index is 2.67. The Morgan fingerprint density at radius 1 is 0.542 bits per heavy atom. The molecule has 10 rings (SSSR count). The summed E-state index contributed by atoms with van der Waals surface area (Å²) < 4.78 is 2.72. The summed E-state index contributed by atoms with van der Waals surface area (Å²) in [6.45, 7) is 30.8. The Balaban J connectivity index is 1.35. The molecule has 0 amide bonds. The van der Waals surface area contributed by atoms with Gasteiger partial charge in [0.15, 0.2) is 0 Å². The van der Waals surface area contributed by atoms with Crippen molar-refractivity contribution in [2.24, 2.45) is 0 Å². The third kappa shape index (κ3) is 5.72. The first-order chi connectivity index (χ1) is 27.7. The van der Waals surface area contributed by atoms with Crippen LogP contribution in [0.15, 0.2) is 97.1 Å². The largest absolute Gasteiger partial charge is 0.311 e. The highest BCUT2D eigenvalue weighted by Gasteiger charge is 2.47. The first-order valence-corrected chi connectivity index (χ1v) is 22.7. The number of anilines is 6. The monoisotopic (exact) mass is 790 g/mol.